The van der Waals surface area contributed by atoms with Gasteiger partial charge in [-0.25, -0.2) is 4.79 Å². The van der Waals surface area contributed by atoms with Gasteiger partial charge in [0, 0.05) is 18.7 Å². The number of aliphatic hydroxyl groups is 1. The predicted octanol–water partition coefficient (Wildman–Crippen LogP) is 1.83. The second-order valence-corrected chi connectivity index (χ2v) is 4.00. The molecule has 1 aromatic rings. The van der Waals surface area contributed by atoms with Crippen LogP contribution in [-0.4, -0.2) is 29.3 Å². The van der Waals surface area contributed by atoms with E-state index < -0.39 is 5.97 Å². The van der Waals surface area contributed by atoms with Crippen LogP contribution in [0.3, 0.4) is 0 Å². The maximum Gasteiger partial charge on any atom is 0.339 e. The van der Waals surface area contributed by atoms with E-state index in [2.05, 4.69) is 0 Å². The van der Waals surface area contributed by atoms with Gasteiger partial charge in [0.2, 0.25) is 0 Å². The Bertz CT molecular complexity index is 496. The highest BCUT2D eigenvalue weighted by molar-refractivity contribution is 5.97. The standard InChI is InChI=1S/C13H14NO4/c1-2-18-13(16)11-8-14(17)7-9-5-3-4-6-10(9)12(11)15/h3-6,15H,2,7-8H2,1H3/q-1. The van der Waals surface area contributed by atoms with Gasteiger partial charge in [-0.05, 0) is 12.5 Å². The summed E-state index contributed by atoms with van der Waals surface area (Å²) in [5.41, 5.74) is 1.22. The number of fused-ring (bicyclic) bond motifs is 1. The molecule has 0 fully saturated rings. The summed E-state index contributed by atoms with van der Waals surface area (Å²) in [5, 5.41) is 22.5. The van der Waals surface area contributed by atoms with Crippen LogP contribution >= 0.6 is 0 Å². The van der Waals surface area contributed by atoms with Gasteiger partial charge in [-0.15, -0.1) is 0 Å². The Hall–Kier alpha value is -1.85. The van der Waals surface area contributed by atoms with E-state index >= 15 is 0 Å². The molecule has 18 heavy (non-hydrogen) atoms. The zero-order valence-corrected chi connectivity index (χ0v) is 10.0. The van der Waals surface area contributed by atoms with Crippen molar-refractivity contribution in [3.05, 3.63) is 46.2 Å². The normalized spacial score (nSPS) is 16.1. The van der Waals surface area contributed by atoms with E-state index in [-0.39, 0.29) is 31.0 Å². The molecule has 1 N–H and O–H groups in total. The highest BCUT2D eigenvalue weighted by Gasteiger charge is 2.23. The molecule has 1 aliphatic heterocycles. The van der Waals surface area contributed by atoms with Crippen LogP contribution in [0.4, 0.5) is 0 Å². The molecule has 2 rings (SSSR count). The fourth-order valence-electron chi connectivity index (χ4n) is 1.93. The van der Waals surface area contributed by atoms with Gasteiger partial charge in [-0.1, -0.05) is 24.3 Å². The van der Waals surface area contributed by atoms with Gasteiger partial charge in [0.05, 0.1) is 12.2 Å². The highest BCUT2D eigenvalue weighted by atomic mass is 16.5. The Labute approximate surface area is 105 Å². The van der Waals surface area contributed by atoms with Gasteiger partial charge in [0.25, 0.3) is 0 Å². The molecule has 96 valence electrons. The topological polar surface area (TPSA) is 72.8 Å². The first kappa shape index (κ1) is 12.6. The van der Waals surface area contributed by atoms with Crippen molar-refractivity contribution in [3.8, 4) is 0 Å². The van der Waals surface area contributed by atoms with E-state index in [9.17, 15) is 15.1 Å². The Balaban J connectivity index is 2.48. The van der Waals surface area contributed by atoms with Crippen molar-refractivity contribution in [3.63, 3.8) is 0 Å². The molecule has 5 nitrogen and oxygen atoms in total. The van der Waals surface area contributed by atoms with Crippen LogP contribution < -0.4 is 0 Å². The summed E-state index contributed by atoms with van der Waals surface area (Å²) in [6, 6.07) is 6.97. The number of esters is 1. The van der Waals surface area contributed by atoms with Crippen LogP contribution in [0, 0.1) is 5.21 Å². The largest absolute Gasteiger partial charge is 0.785 e. The molecule has 0 aliphatic carbocycles. The van der Waals surface area contributed by atoms with Crippen molar-refractivity contribution in [2.75, 3.05) is 13.2 Å². The number of nitrogens with zero attached hydrogens (tertiary/aromatic N) is 1. The summed E-state index contributed by atoms with van der Waals surface area (Å²) in [6.07, 6.45) is 0. The molecule has 0 amide bonds. The molecule has 5 heteroatoms. The van der Waals surface area contributed by atoms with Crippen LogP contribution in [0.2, 0.25) is 0 Å². The number of carbonyl (C=O) groups is 1. The van der Waals surface area contributed by atoms with Gasteiger partial charge >= 0.3 is 5.97 Å². The number of ether oxygens (including phenoxy) is 1. The highest BCUT2D eigenvalue weighted by Crippen LogP contribution is 2.26. The molecule has 1 heterocycles. The molecule has 0 aromatic heterocycles. The first-order valence-electron chi connectivity index (χ1n) is 5.73. The zero-order valence-electron chi connectivity index (χ0n) is 10.0. The van der Waals surface area contributed by atoms with Crippen LogP contribution in [0.5, 0.6) is 0 Å². The second kappa shape index (κ2) is 5.20. The van der Waals surface area contributed by atoms with Crippen molar-refractivity contribution >= 4 is 11.7 Å². The van der Waals surface area contributed by atoms with Gasteiger partial charge in [-0.3, -0.25) is 0 Å². The average Bonchev–Trinajstić information content (AvgIpc) is 2.47. The Kier molecular flexibility index (Phi) is 3.64. The van der Waals surface area contributed by atoms with E-state index in [1.807, 2.05) is 0 Å². The minimum atomic E-state index is -0.646. The third-order valence-electron chi connectivity index (χ3n) is 2.76. The minimum absolute atomic E-state index is 0.0109. The first-order valence-corrected chi connectivity index (χ1v) is 5.73. The number of rotatable bonds is 2. The molecule has 0 radical (unpaired) electrons. The van der Waals surface area contributed by atoms with Crippen LogP contribution in [0.1, 0.15) is 18.1 Å². The lowest BCUT2D eigenvalue weighted by molar-refractivity contribution is -0.138. The first-order chi connectivity index (χ1) is 8.63. The lowest BCUT2D eigenvalue weighted by atomic mass is 10.0. The maximum atomic E-state index is 11.7. The molecule has 0 atom stereocenters. The quantitative estimate of drug-likeness (QED) is 0.808. The summed E-state index contributed by atoms with van der Waals surface area (Å²) in [4.78, 5) is 11.7. The Morgan fingerprint density at radius 1 is 1.44 bits per heavy atom. The number of benzene rings is 1. The number of aliphatic hydroxyl groups excluding tert-OH is 1. The molecule has 0 spiro atoms. The Morgan fingerprint density at radius 2 is 2.17 bits per heavy atom. The summed E-state index contributed by atoms with van der Waals surface area (Å²) in [6.45, 7) is 1.85. The summed E-state index contributed by atoms with van der Waals surface area (Å²) < 4.78 is 4.85. The predicted molar refractivity (Wildman–Crippen MR) is 66.4 cm³/mol. The van der Waals surface area contributed by atoms with Crippen LogP contribution in [0.25, 0.3) is 5.76 Å². The maximum absolute atomic E-state index is 11.7. The van der Waals surface area contributed by atoms with Crippen LogP contribution in [-0.2, 0) is 16.1 Å². The van der Waals surface area contributed by atoms with E-state index in [0.717, 1.165) is 5.06 Å². The monoisotopic (exact) mass is 248 g/mol. The van der Waals surface area contributed by atoms with Gasteiger partial charge in [0.1, 0.15) is 5.76 Å². The Morgan fingerprint density at radius 3 is 2.89 bits per heavy atom. The average molecular weight is 248 g/mol. The van der Waals surface area contributed by atoms with Gasteiger partial charge in [0.15, 0.2) is 0 Å². The molecular weight excluding hydrogens is 234 g/mol. The van der Waals surface area contributed by atoms with Crippen molar-refractivity contribution in [1.29, 1.82) is 0 Å². The lowest BCUT2D eigenvalue weighted by Crippen LogP contribution is -2.22. The lowest BCUT2D eigenvalue weighted by Gasteiger charge is -2.26. The minimum Gasteiger partial charge on any atom is -0.785 e. The zero-order chi connectivity index (χ0) is 13.1. The number of hydrogen-bond donors (Lipinski definition) is 1. The van der Waals surface area contributed by atoms with Crippen LogP contribution in [0.15, 0.2) is 29.8 Å². The van der Waals surface area contributed by atoms with Gasteiger partial charge < -0.3 is 20.1 Å². The molecule has 0 unspecified atom stereocenters. The van der Waals surface area contributed by atoms with E-state index in [4.69, 9.17) is 4.74 Å². The van der Waals surface area contributed by atoms with Crippen molar-refractivity contribution in [2.24, 2.45) is 0 Å². The fourth-order valence-corrected chi connectivity index (χ4v) is 1.93. The second-order valence-electron chi connectivity index (χ2n) is 4.00. The number of hydrogen-bond acceptors (Lipinski definition) is 5. The molecular formula is C13H14NO4-. The molecule has 0 saturated heterocycles. The van der Waals surface area contributed by atoms with Crippen molar-refractivity contribution in [2.45, 2.75) is 13.5 Å². The smallest absolute Gasteiger partial charge is 0.339 e. The van der Waals surface area contributed by atoms with E-state index in [1.54, 1.807) is 31.2 Å². The number of carbonyl (C=O) groups excluding carboxylic acids is 1. The van der Waals surface area contributed by atoms with E-state index in [1.165, 1.54) is 0 Å². The number of hydroxylamine groups is 2. The molecule has 1 aromatic carbocycles. The molecule has 0 saturated carbocycles. The molecule has 1 aliphatic rings. The van der Waals surface area contributed by atoms with Crippen molar-refractivity contribution in [1.82, 2.24) is 5.06 Å². The fraction of sp³-hybridized carbons (Fsp3) is 0.308. The van der Waals surface area contributed by atoms with E-state index in [0.29, 0.717) is 11.1 Å². The van der Waals surface area contributed by atoms with Crippen molar-refractivity contribution < 1.29 is 14.6 Å². The summed E-state index contributed by atoms with van der Waals surface area (Å²) in [7, 11) is 0. The van der Waals surface area contributed by atoms with Gasteiger partial charge in [-0.2, -0.15) is 0 Å². The third-order valence-corrected chi connectivity index (χ3v) is 2.76. The molecule has 0 bridgehead atoms. The third kappa shape index (κ3) is 2.37. The summed E-state index contributed by atoms with van der Waals surface area (Å²) >= 11 is 0. The SMILES string of the molecule is CCOC(=O)C1=C(O)c2ccccc2CN([O-])C1. The summed E-state index contributed by atoms with van der Waals surface area (Å²) in [5.74, 6) is -0.810.